The van der Waals surface area contributed by atoms with Crippen molar-refractivity contribution in [3.63, 3.8) is 0 Å². The van der Waals surface area contributed by atoms with Gasteiger partial charge in [-0.25, -0.2) is 4.39 Å². The molecule has 2 rings (SSSR count). The lowest BCUT2D eigenvalue weighted by Crippen LogP contribution is -2.17. The van der Waals surface area contributed by atoms with Gasteiger partial charge in [-0.3, -0.25) is 9.67 Å². The molecule has 0 amide bonds. The molecule has 5 heteroatoms. The minimum Gasteiger partial charge on any atom is -0.309 e. The van der Waals surface area contributed by atoms with Crippen LogP contribution in [0.3, 0.4) is 0 Å². The molecule has 0 spiro atoms. The smallest absolute Gasteiger partial charge is 0.141 e. The molecule has 0 radical (unpaired) electrons. The van der Waals surface area contributed by atoms with E-state index >= 15 is 0 Å². The number of hydrogen-bond donors (Lipinski definition) is 1. The third-order valence-electron chi connectivity index (χ3n) is 2.79. The molecule has 0 aromatic carbocycles. The fraction of sp³-hybridized carbons (Fsp3) is 0.385. The second kappa shape index (κ2) is 5.73. The summed E-state index contributed by atoms with van der Waals surface area (Å²) in [6, 6.07) is 1.41. The van der Waals surface area contributed by atoms with Crippen LogP contribution in [0, 0.1) is 5.82 Å². The third kappa shape index (κ3) is 2.73. The van der Waals surface area contributed by atoms with E-state index in [1.165, 1.54) is 12.3 Å². The van der Waals surface area contributed by atoms with E-state index < -0.39 is 0 Å². The molecule has 0 aliphatic rings. The van der Waals surface area contributed by atoms with Crippen LogP contribution in [-0.4, -0.2) is 21.8 Å². The van der Waals surface area contributed by atoms with Gasteiger partial charge in [-0.05, 0) is 25.1 Å². The van der Waals surface area contributed by atoms with Crippen LogP contribution in [0.2, 0.25) is 0 Å². The van der Waals surface area contributed by atoms with Crippen molar-refractivity contribution in [2.75, 3.05) is 7.05 Å². The standard InChI is InChI=1S/C13H17FN4/c1-3-4-18-9-11(7-17-18)13(15-2)10-5-12(14)8-16-6-10/h5-9,13,15H,3-4H2,1-2H3. The molecule has 2 heterocycles. The van der Waals surface area contributed by atoms with Crippen LogP contribution in [-0.2, 0) is 6.54 Å². The van der Waals surface area contributed by atoms with Crippen LogP contribution < -0.4 is 5.32 Å². The summed E-state index contributed by atoms with van der Waals surface area (Å²) in [5.74, 6) is -0.325. The van der Waals surface area contributed by atoms with Gasteiger partial charge in [-0.1, -0.05) is 6.92 Å². The number of hydrogen-bond acceptors (Lipinski definition) is 3. The van der Waals surface area contributed by atoms with Crippen LogP contribution in [0.15, 0.2) is 30.9 Å². The maximum atomic E-state index is 13.2. The average Bonchev–Trinajstić information content (AvgIpc) is 2.79. The van der Waals surface area contributed by atoms with Crippen molar-refractivity contribution in [2.24, 2.45) is 0 Å². The van der Waals surface area contributed by atoms with Crippen molar-refractivity contribution in [3.8, 4) is 0 Å². The summed E-state index contributed by atoms with van der Waals surface area (Å²) < 4.78 is 15.1. The highest BCUT2D eigenvalue weighted by atomic mass is 19.1. The predicted molar refractivity (Wildman–Crippen MR) is 67.6 cm³/mol. The Labute approximate surface area is 106 Å². The Morgan fingerprint density at radius 1 is 1.33 bits per heavy atom. The Bertz CT molecular complexity index is 509. The van der Waals surface area contributed by atoms with Gasteiger partial charge in [-0.15, -0.1) is 0 Å². The number of aromatic nitrogens is 3. The third-order valence-corrected chi connectivity index (χ3v) is 2.79. The Morgan fingerprint density at radius 2 is 2.17 bits per heavy atom. The zero-order chi connectivity index (χ0) is 13.0. The molecule has 0 saturated carbocycles. The summed E-state index contributed by atoms with van der Waals surface area (Å²) >= 11 is 0. The highest BCUT2D eigenvalue weighted by Crippen LogP contribution is 2.21. The molecular weight excluding hydrogens is 231 g/mol. The number of nitrogens with zero attached hydrogens (tertiary/aromatic N) is 3. The zero-order valence-electron chi connectivity index (χ0n) is 10.6. The van der Waals surface area contributed by atoms with Crippen LogP contribution in [0.5, 0.6) is 0 Å². The molecule has 0 fully saturated rings. The van der Waals surface area contributed by atoms with Crippen LogP contribution in [0.4, 0.5) is 4.39 Å². The Kier molecular flexibility index (Phi) is 4.04. The van der Waals surface area contributed by atoms with Gasteiger partial charge in [0.25, 0.3) is 0 Å². The minimum absolute atomic E-state index is 0.0844. The van der Waals surface area contributed by atoms with Crippen molar-refractivity contribution in [1.29, 1.82) is 0 Å². The first-order chi connectivity index (χ1) is 8.74. The maximum Gasteiger partial charge on any atom is 0.141 e. The topological polar surface area (TPSA) is 42.7 Å². The van der Waals surface area contributed by atoms with Crippen molar-refractivity contribution in [2.45, 2.75) is 25.9 Å². The van der Waals surface area contributed by atoms with Crippen LogP contribution >= 0.6 is 0 Å². The molecular formula is C13H17FN4. The van der Waals surface area contributed by atoms with E-state index in [2.05, 4.69) is 22.3 Å². The van der Waals surface area contributed by atoms with Gasteiger partial charge in [0.05, 0.1) is 18.4 Å². The molecule has 0 bridgehead atoms. The van der Waals surface area contributed by atoms with E-state index in [0.29, 0.717) is 0 Å². The Morgan fingerprint density at radius 3 is 2.83 bits per heavy atom. The summed E-state index contributed by atoms with van der Waals surface area (Å²) in [6.07, 6.45) is 7.70. The molecule has 0 saturated heterocycles. The fourth-order valence-electron chi connectivity index (χ4n) is 1.99. The van der Waals surface area contributed by atoms with Crippen LogP contribution in [0.1, 0.15) is 30.5 Å². The molecule has 0 aliphatic carbocycles. The predicted octanol–water partition coefficient (Wildman–Crippen LogP) is 2.14. The van der Waals surface area contributed by atoms with Gasteiger partial charge >= 0.3 is 0 Å². The van der Waals surface area contributed by atoms with E-state index in [1.54, 1.807) is 6.20 Å². The van der Waals surface area contributed by atoms with Gasteiger partial charge in [0.15, 0.2) is 0 Å². The Hall–Kier alpha value is -1.75. The molecule has 2 aromatic heterocycles. The Balaban J connectivity index is 2.27. The van der Waals surface area contributed by atoms with E-state index in [-0.39, 0.29) is 11.9 Å². The normalized spacial score (nSPS) is 12.6. The monoisotopic (exact) mass is 248 g/mol. The van der Waals surface area contributed by atoms with Crippen LogP contribution in [0.25, 0.3) is 0 Å². The van der Waals surface area contributed by atoms with Crippen molar-refractivity contribution in [1.82, 2.24) is 20.1 Å². The number of pyridine rings is 1. The number of nitrogens with one attached hydrogen (secondary N) is 1. The van der Waals surface area contributed by atoms with E-state index in [1.807, 2.05) is 24.1 Å². The summed E-state index contributed by atoms with van der Waals surface area (Å²) in [5, 5.41) is 7.44. The van der Waals surface area contributed by atoms with Crippen molar-refractivity contribution >= 4 is 0 Å². The summed E-state index contributed by atoms with van der Waals surface area (Å²) in [5.41, 5.74) is 1.81. The van der Waals surface area contributed by atoms with Crippen molar-refractivity contribution in [3.05, 3.63) is 47.8 Å². The number of rotatable bonds is 5. The molecule has 2 aromatic rings. The van der Waals surface area contributed by atoms with Gasteiger partial charge in [0, 0.05) is 24.5 Å². The van der Waals surface area contributed by atoms with Gasteiger partial charge in [0.2, 0.25) is 0 Å². The lowest BCUT2D eigenvalue weighted by Gasteiger charge is -2.14. The molecule has 1 N–H and O–H groups in total. The lowest BCUT2D eigenvalue weighted by molar-refractivity contribution is 0.598. The molecule has 1 unspecified atom stereocenters. The van der Waals surface area contributed by atoms with E-state index in [4.69, 9.17) is 0 Å². The fourth-order valence-corrected chi connectivity index (χ4v) is 1.99. The summed E-state index contributed by atoms with van der Waals surface area (Å²) in [4.78, 5) is 3.88. The first-order valence-corrected chi connectivity index (χ1v) is 6.04. The quantitative estimate of drug-likeness (QED) is 0.881. The first kappa shape index (κ1) is 12.7. The molecule has 0 aliphatic heterocycles. The minimum atomic E-state index is -0.325. The average molecular weight is 248 g/mol. The van der Waals surface area contributed by atoms with Gasteiger partial charge < -0.3 is 5.32 Å². The van der Waals surface area contributed by atoms with Gasteiger partial charge in [0.1, 0.15) is 5.82 Å². The zero-order valence-corrected chi connectivity index (χ0v) is 10.6. The maximum absolute atomic E-state index is 13.2. The first-order valence-electron chi connectivity index (χ1n) is 6.04. The lowest BCUT2D eigenvalue weighted by atomic mass is 10.0. The molecule has 18 heavy (non-hydrogen) atoms. The van der Waals surface area contributed by atoms with E-state index in [0.717, 1.165) is 24.1 Å². The summed E-state index contributed by atoms with van der Waals surface area (Å²) in [7, 11) is 1.84. The molecule has 1 atom stereocenters. The largest absolute Gasteiger partial charge is 0.309 e. The molecule has 4 nitrogen and oxygen atoms in total. The number of halogens is 1. The SMILES string of the molecule is CCCn1cc(C(NC)c2cncc(F)c2)cn1. The van der Waals surface area contributed by atoms with Crippen molar-refractivity contribution < 1.29 is 4.39 Å². The summed E-state index contributed by atoms with van der Waals surface area (Å²) in [6.45, 7) is 2.99. The second-order valence-corrected chi connectivity index (χ2v) is 4.19. The molecule has 96 valence electrons. The second-order valence-electron chi connectivity index (χ2n) is 4.19. The number of aryl methyl sites for hydroxylation is 1. The van der Waals surface area contributed by atoms with E-state index in [9.17, 15) is 4.39 Å². The highest BCUT2D eigenvalue weighted by Gasteiger charge is 2.14. The van der Waals surface area contributed by atoms with Gasteiger partial charge in [-0.2, -0.15) is 5.10 Å². The highest BCUT2D eigenvalue weighted by molar-refractivity contribution is 5.27.